The van der Waals surface area contributed by atoms with Gasteiger partial charge in [-0.15, -0.1) is 0 Å². The van der Waals surface area contributed by atoms with E-state index in [0.29, 0.717) is 17.1 Å². The summed E-state index contributed by atoms with van der Waals surface area (Å²) in [6.07, 6.45) is 1.46. The van der Waals surface area contributed by atoms with Gasteiger partial charge in [-0.2, -0.15) is 10.5 Å². The van der Waals surface area contributed by atoms with Crippen LogP contribution in [0.3, 0.4) is 0 Å². The molecule has 0 amide bonds. The summed E-state index contributed by atoms with van der Waals surface area (Å²) in [5, 5.41) is 17.6. The van der Waals surface area contributed by atoms with Gasteiger partial charge in [-0.25, -0.2) is 4.79 Å². The second-order valence-corrected chi connectivity index (χ2v) is 7.63. The van der Waals surface area contributed by atoms with Crippen molar-refractivity contribution in [3.05, 3.63) is 101 Å². The molecule has 0 radical (unpaired) electrons. The molecule has 0 aromatic heterocycles. The zero-order chi connectivity index (χ0) is 23.0. The number of nitrogens with zero attached hydrogens (tertiary/aromatic N) is 2. The highest BCUT2D eigenvalue weighted by Gasteiger charge is 2.22. The maximum absolute atomic E-state index is 12.1. The third kappa shape index (κ3) is 5.62. The van der Waals surface area contributed by atoms with E-state index >= 15 is 0 Å². The van der Waals surface area contributed by atoms with Gasteiger partial charge in [-0.3, -0.25) is 0 Å². The van der Waals surface area contributed by atoms with Crippen LogP contribution in [0.4, 0.5) is 0 Å². The summed E-state index contributed by atoms with van der Waals surface area (Å²) >= 11 is 0. The molecule has 0 aliphatic rings. The predicted molar refractivity (Wildman–Crippen MR) is 122 cm³/mol. The van der Waals surface area contributed by atoms with Gasteiger partial charge in [0.1, 0.15) is 29.2 Å². The van der Waals surface area contributed by atoms with Gasteiger partial charge < -0.3 is 9.47 Å². The van der Waals surface area contributed by atoms with Gasteiger partial charge in [0.05, 0.1) is 0 Å². The number of hydrogen-bond donors (Lipinski definition) is 0. The molecule has 158 valence electrons. The first-order valence-electron chi connectivity index (χ1n) is 10.0. The molecule has 5 nitrogen and oxygen atoms in total. The third-order valence-electron chi connectivity index (χ3n) is 5.09. The molecule has 0 saturated carbocycles. The lowest BCUT2D eigenvalue weighted by Crippen LogP contribution is -2.19. The molecule has 0 bridgehead atoms. The normalized spacial score (nSPS) is 10.4. The fraction of sp³-hybridized carbons (Fsp3) is 0.148. The van der Waals surface area contributed by atoms with E-state index in [-0.39, 0.29) is 17.6 Å². The lowest BCUT2D eigenvalue weighted by Gasteiger charge is -2.26. The van der Waals surface area contributed by atoms with E-state index in [4.69, 9.17) is 20.0 Å². The van der Waals surface area contributed by atoms with E-state index in [1.54, 1.807) is 36.4 Å². The Bertz CT molecular complexity index is 1160. The van der Waals surface area contributed by atoms with Crippen molar-refractivity contribution in [2.45, 2.75) is 19.3 Å². The average molecular weight is 422 g/mol. The Morgan fingerprint density at radius 3 is 2.00 bits per heavy atom. The predicted octanol–water partition coefficient (Wildman–Crippen LogP) is 5.43. The maximum Gasteiger partial charge on any atom is 0.349 e. The molecule has 0 aliphatic carbocycles. The Morgan fingerprint density at radius 2 is 1.41 bits per heavy atom. The second kappa shape index (κ2) is 10.1. The van der Waals surface area contributed by atoms with Gasteiger partial charge in [0.25, 0.3) is 0 Å². The van der Waals surface area contributed by atoms with Gasteiger partial charge in [-0.05, 0) is 47.0 Å². The minimum Gasteiger partial charge on any atom is -0.482 e. The van der Waals surface area contributed by atoms with E-state index in [1.165, 1.54) is 11.6 Å². The first-order valence-corrected chi connectivity index (χ1v) is 10.0. The average Bonchev–Trinajstić information content (AvgIpc) is 2.83. The molecule has 0 spiro atoms. The van der Waals surface area contributed by atoms with Crippen LogP contribution in [0.2, 0.25) is 0 Å². The van der Waals surface area contributed by atoms with Crippen LogP contribution in [-0.4, -0.2) is 12.6 Å². The number of ether oxygens (including phenoxy) is 2. The number of rotatable bonds is 7. The zero-order valence-electron chi connectivity index (χ0n) is 17.9. The van der Waals surface area contributed by atoms with Gasteiger partial charge in [0.2, 0.25) is 0 Å². The molecule has 0 unspecified atom stereocenters. The summed E-state index contributed by atoms with van der Waals surface area (Å²) in [6, 6.07) is 28.0. The summed E-state index contributed by atoms with van der Waals surface area (Å²) in [5.74, 6) is 0.401. The van der Waals surface area contributed by atoms with Crippen LogP contribution in [0.1, 0.15) is 30.5 Å². The Morgan fingerprint density at radius 1 is 0.844 bits per heavy atom. The Kier molecular flexibility index (Phi) is 7.06. The largest absolute Gasteiger partial charge is 0.482 e. The van der Waals surface area contributed by atoms with E-state index < -0.39 is 5.97 Å². The van der Waals surface area contributed by atoms with Gasteiger partial charge in [-0.1, -0.05) is 68.4 Å². The lowest BCUT2D eigenvalue weighted by atomic mass is 9.78. The second-order valence-electron chi connectivity index (χ2n) is 7.63. The van der Waals surface area contributed by atoms with Crippen molar-refractivity contribution < 1.29 is 14.3 Å². The highest BCUT2D eigenvalue weighted by Crippen LogP contribution is 2.32. The number of benzene rings is 3. The van der Waals surface area contributed by atoms with Crippen LogP contribution in [-0.2, 0) is 10.2 Å². The molecule has 0 saturated heterocycles. The molecule has 32 heavy (non-hydrogen) atoms. The first-order chi connectivity index (χ1) is 15.4. The minimum absolute atomic E-state index is 0.00122. The van der Waals surface area contributed by atoms with E-state index in [2.05, 4.69) is 26.0 Å². The fourth-order valence-electron chi connectivity index (χ4n) is 3.18. The number of carbonyl (C=O) groups excluding carboxylic acids is 1. The van der Waals surface area contributed by atoms with E-state index in [1.807, 2.05) is 42.5 Å². The minimum atomic E-state index is -0.531. The topological polar surface area (TPSA) is 83.1 Å². The van der Waals surface area contributed by atoms with Gasteiger partial charge >= 0.3 is 5.97 Å². The number of nitriles is 2. The smallest absolute Gasteiger partial charge is 0.349 e. The zero-order valence-corrected chi connectivity index (χ0v) is 17.9. The van der Waals surface area contributed by atoms with Gasteiger partial charge in [0.15, 0.2) is 6.61 Å². The molecule has 0 heterocycles. The summed E-state index contributed by atoms with van der Waals surface area (Å²) in [4.78, 5) is 12.1. The van der Waals surface area contributed by atoms with Crippen molar-refractivity contribution in [1.29, 1.82) is 10.5 Å². The molecule has 0 atom stereocenters. The molecule has 3 aromatic rings. The van der Waals surface area contributed by atoms with Crippen LogP contribution in [0.5, 0.6) is 11.5 Å². The summed E-state index contributed by atoms with van der Waals surface area (Å²) in [5.41, 5.74) is 2.87. The van der Waals surface area contributed by atoms with E-state index in [9.17, 15) is 4.79 Å². The van der Waals surface area contributed by atoms with Crippen molar-refractivity contribution >= 4 is 12.0 Å². The number of hydrogen-bond acceptors (Lipinski definition) is 5. The molecule has 0 fully saturated rings. The van der Waals surface area contributed by atoms with E-state index in [0.717, 1.165) is 5.56 Å². The third-order valence-corrected chi connectivity index (χ3v) is 5.09. The molecule has 0 aliphatic heterocycles. The summed E-state index contributed by atoms with van der Waals surface area (Å²) in [6.45, 7) is 4.10. The number of esters is 1. The fourth-order valence-corrected chi connectivity index (χ4v) is 3.18. The monoisotopic (exact) mass is 422 g/mol. The highest BCUT2D eigenvalue weighted by molar-refractivity contribution is 5.74. The van der Waals surface area contributed by atoms with Gasteiger partial charge in [0, 0.05) is 5.41 Å². The van der Waals surface area contributed by atoms with Crippen LogP contribution < -0.4 is 9.47 Å². The Labute approximate surface area is 187 Å². The van der Waals surface area contributed by atoms with Crippen molar-refractivity contribution in [1.82, 2.24) is 0 Å². The summed E-state index contributed by atoms with van der Waals surface area (Å²) < 4.78 is 10.8. The molecule has 0 N–H and O–H groups in total. The standard InChI is InChI=1S/C27H22N2O3/c1-27(2,22-6-4-3-5-7-22)23-10-14-24(15-11-23)31-19-26(30)32-25-12-8-20(9-13-25)16-21(17-28)18-29/h3-16H,19H2,1-2H3. The molecular formula is C27H22N2O3. The molecular weight excluding hydrogens is 400 g/mol. The van der Waals surface area contributed by atoms with Crippen molar-refractivity contribution in [2.24, 2.45) is 0 Å². The van der Waals surface area contributed by atoms with Crippen LogP contribution in [0.15, 0.2) is 84.4 Å². The molecule has 3 rings (SSSR count). The van der Waals surface area contributed by atoms with Crippen LogP contribution in [0.25, 0.3) is 6.08 Å². The van der Waals surface area contributed by atoms with Crippen molar-refractivity contribution in [2.75, 3.05) is 6.61 Å². The van der Waals surface area contributed by atoms with Crippen LogP contribution in [0, 0.1) is 22.7 Å². The first kappa shape index (κ1) is 22.3. The maximum atomic E-state index is 12.1. The Hall–Kier alpha value is -4.35. The van der Waals surface area contributed by atoms with Crippen molar-refractivity contribution in [3.8, 4) is 23.6 Å². The quantitative estimate of drug-likeness (QED) is 0.288. The Balaban J connectivity index is 1.56. The highest BCUT2D eigenvalue weighted by atomic mass is 16.6. The molecule has 5 heteroatoms. The lowest BCUT2D eigenvalue weighted by molar-refractivity contribution is -0.136. The van der Waals surface area contributed by atoms with Crippen LogP contribution >= 0.6 is 0 Å². The SMILES string of the molecule is CC(C)(c1ccccc1)c1ccc(OCC(=O)Oc2ccc(C=C(C#N)C#N)cc2)cc1. The van der Waals surface area contributed by atoms with Crippen molar-refractivity contribution in [3.63, 3.8) is 0 Å². The number of allylic oxidation sites excluding steroid dienone is 1. The number of carbonyl (C=O) groups is 1. The summed E-state index contributed by atoms with van der Waals surface area (Å²) in [7, 11) is 0. The molecule has 3 aromatic carbocycles.